The van der Waals surface area contributed by atoms with Gasteiger partial charge in [0.15, 0.2) is 0 Å². The third-order valence-corrected chi connectivity index (χ3v) is 4.26. The zero-order valence-corrected chi connectivity index (χ0v) is 13.7. The maximum atomic E-state index is 12.3. The van der Waals surface area contributed by atoms with Gasteiger partial charge in [-0.2, -0.15) is 5.26 Å². The van der Waals surface area contributed by atoms with Crippen molar-refractivity contribution in [3.63, 3.8) is 0 Å². The number of anilines is 1. The van der Waals surface area contributed by atoms with Gasteiger partial charge >= 0.3 is 0 Å². The Morgan fingerprint density at radius 2 is 2.09 bits per heavy atom. The summed E-state index contributed by atoms with van der Waals surface area (Å²) in [4.78, 5) is 15.3. The molecule has 0 bridgehead atoms. The van der Waals surface area contributed by atoms with Crippen molar-refractivity contribution in [2.75, 3.05) is 30.7 Å². The fourth-order valence-corrected chi connectivity index (χ4v) is 3.28. The molecule has 1 fully saturated rings. The van der Waals surface area contributed by atoms with E-state index < -0.39 is 0 Å². The summed E-state index contributed by atoms with van der Waals surface area (Å²) >= 11 is 1.43. The summed E-state index contributed by atoms with van der Waals surface area (Å²) in [6.07, 6.45) is 0.296. The summed E-state index contributed by atoms with van der Waals surface area (Å²) in [5, 5.41) is 11.6. The molecule has 1 aliphatic rings. The number of ether oxygens (including phenoxy) is 1. The van der Waals surface area contributed by atoms with Crippen molar-refractivity contribution in [1.82, 2.24) is 4.90 Å². The number of nitrogens with zero attached hydrogens (tertiary/aromatic N) is 2. The van der Waals surface area contributed by atoms with Gasteiger partial charge in [-0.15, -0.1) is 11.8 Å². The summed E-state index contributed by atoms with van der Waals surface area (Å²) in [6, 6.07) is 9.66. The standard InChI is InChI=1S/C16H21N3O2S/c1-12-9-19(10-13(2)21-12)11-16(20)18-14-5-3-4-6-15(14)22-8-7-17/h3-6,12-13H,8-11H2,1-2H3,(H,18,20)/t12-,13-/m1/s1. The molecule has 0 saturated carbocycles. The lowest BCUT2D eigenvalue weighted by Crippen LogP contribution is -2.48. The predicted octanol–water partition coefficient (Wildman–Crippen LogP) is 2.35. The molecule has 118 valence electrons. The monoisotopic (exact) mass is 319 g/mol. The highest BCUT2D eigenvalue weighted by molar-refractivity contribution is 7.99. The number of hydrogen-bond acceptors (Lipinski definition) is 5. The third-order valence-electron chi connectivity index (χ3n) is 3.32. The first-order chi connectivity index (χ1) is 10.6. The Morgan fingerprint density at radius 1 is 1.41 bits per heavy atom. The molecule has 1 aliphatic heterocycles. The highest BCUT2D eigenvalue weighted by atomic mass is 32.2. The normalized spacial score (nSPS) is 22.0. The van der Waals surface area contributed by atoms with Crippen LogP contribution < -0.4 is 5.32 Å². The lowest BCUT2D eigenvalue weighted by molar-refractivity contribution is -0.121. The van der Waals surface area contributed by atoms with E-state index in [1.54, 1.807) is 0 Å². The van der Waals surface area contributed by atoms with Crippen LogP contribution >= 0.6 is 11.8 Å². The van der Waals surface area contributed by atoms with Crippen LogP contribution in [0.2, 0.25) is 0 Å². The summed E-state index contributed by atoms with van der Waals surface area (Å²) in [6.45, 7) is 5.93. The second-order valence-electron chi connectivity index (χ2n) is 5.44. The minimum Gasteiger partial charge on any atom is -0.373 e. The molecule has 2 rings (SSSR count). The number of hydrogen-bond donors (Lipinski definition) is 1. The second kappa shape index (κ2) is 8.18. The molecule has 1 saturated heterocycles. The van der Waals surface area contributed by atoms with Gasteiger partial charge in [0.1, 0.15) is 0 Å². The number of benzene rings is 1. The first-order valence-corrected chi connectivity index (χ1v) is 8.33. The van der Waals surface area contributed by atoms with Crippen molar-refractivity contribution in [3.05, 3.63) is 24.3 Å². The van der Waals surface area contributed by atoms with Gasteiger partial charge in [-0.1, -0.05) is 12.1 Å². The van der Waals surface area contributed by atoms with E-state index in [0.29, 0.717) is 12.3 Å². The first kappa shape index (κ1) is 16.8. The van der Waals surface area contributed by atoms with Crippen molar-refractivity contribution in [3.8, 4) is 6.07 Å². The van der Waals surface area contributed by atoms with Gasteiger partial charge in [-0.05, 0) is 26.0 Å². The molecule has 0 aromatic heterocycles. The fraction of sp³-hybridized carbons (Fsp3) is 0.500. The predicted molar refractivity (Wildman–Crippen MR) is 87.9 cm³/mol. The van der Waals surface area contributed by atoms with Crippen molar-refractivity contribution in [2.24, 2.45) is 0 Å². The Bertz CT molecular complexity index is 549. The lowest BCUT2D eigenvalue weighted by Gasteiger charge is -2.34. The van der Waals surface area contributed by atoms with Gasteiger partial charge in [0.25, 0.3) is 0 Å². The second-order valence-corrected chi connectivity index (χ2v) is 6.46. The van der Waals surface area contributed by atoms with Gasteiger partial charge in [0, 0.05) is 18.0 Å². The molecule has 0 unspecified atom stereocenters. The minimum atomic E-state index is -0.0358. The van der Waals surface area contributed by atoms with Crippen LogP contribution in [0.3, 0.4) is 0 Å². The Hall–Kier alpha value is -1.55. The lowest BCUT2D eigenvalue weighted by atomic mass is 10.2. The van der Waals surface area contributed by atoms with Crippen LogP contribution in [0, 0.1) is 11.3 Å². The summed E-state index contributed by atoms with van der Waals surface area (Å²) in [5.74, 6) is 0.331. The van der Waals surface area contributed by atoms with Crippen LogP contribution in [-0.4, -0.2) is 48.4 Å². The zero-order valence-electron chi connectivity index (χ0n) is 12.9. The Kier molecular flexibility index (Phi) is 6.25. The quantitative estimate of drug-likeness (QED) is 0.844. The molecule has 6 heteroatoms. The molecule has 0 aliphatic carbocycles. The molecular weight excluding hydrogens is 298 g/mol. The van der Waals surface area contributed by atoms with Gasteiger partial charge in [-0.3, -0.25) is 9.69 Å². The van der Waals surface area contributed by atoms with Crippen LogP contribution in [0.25, 0.3) is 0 Å². The first-order valence-electron chi connectivity index (χ1n) is 7.35. The van der Waals surface area contributed by atoms with Crippen molar-refractivity contribution in [1.29, 1.82) is 5.26 Å². The van der Waals surface area contributed by atoms with Crippen molar-refractivity contribution >= 4 is 23.4 Å². The van der Waals surface area contributed by atoms with E-state index in [1.165, 1.54) is 11.8 Å². The molecular formula is C16H21N3O2S. The topological polar surface area (TPSA) is 65.4 Å². The van der Waals surface area contributed by atoms with E-state index in [1.807, 2.05) is 38.1 Å². The minimum absolute atomic E-state index is 0.0358. The van der Waals surface area contributed by atoms with E-state index >= 15 is 0 Å². The molecule has 1 aromatic rings. The fourth-order valence-electron chi connectivity index (χ4n) is 2.61. The maximum absolute atomic E-state index is 12.3. The van der Waals surface area contributed by atoms with Crippen LogP contribution in [0.5, 0.6) is 0 Å². The molecule has 1 heterocycles. The average Bonchev–Trinajstić information content (AvgIpc) is 2.45. The molecule has 1 N–H and O–H groups in total. The van der Waals surface area contributed by atoms with Crippen molar-refractivity contribution < 1.29 is 9.53 Å². The molecule has 5 nitrogen and oxygen atoms in total. The largest absolute Gasteiger partial charge is 0.373 e. The SMILES string of the molecule is C[C@@H]1CN(CC(=O)Nc2ccccc2SCC#N)C[C@@H](C)O1. The molecule has 0 radical (unpaired) electrons. The summed E-state index contributed by atoms with van der Waals surface area (Å²) < 4.78 is 5.67. The number of carbonyl (C=O) groups is 1. The number of para-hydroxylation sites is 1. The van der Waals surface area contributed by atoms with E-state index in [-0.39, 0.29) is 18.1 Å². The van der Waals surface area contributed by atoms with Gasteiger partial charge in [-0.25, -0.2) is 0 Å². The average molecular weight is 319 g/mol. The van der Waals surface area contributed by atoms with Crippen LogP contribution in [-0.2, 0) is 9.53 Å². The highest BCUT2D eigenvalue weighted by Gasteiger charge is 2.23. The van der Waals surface area contributed by atoms with Crippen molar-refractivity contribution in [2.45, 2.75) is 31.0 Å². The van der Waals surface area contributed by atoms with E-state index in [4.69, 9.17) is 10.00 Å². The number of thioether (sulfide) groups is 1. The molecule has 0 spiro atoms. The summed E-state index contributed by atoms with van der Waals surface area (Å²) in [7, 11) is 0. The number of morpholine rings is 1. The van der Waals surface area contributed by atoms with Crippen LogP contribution in [0.15, 0.2) is 29.2 Å². The number of carbonyl (C=O) groups excluding carboxylic acids is 1. The summed E-state index contributed by atoms with van der Waals surface area (Å²) in [5.41, 5.74) is 0.766. The Labute approximate surface area is 135 Å². The zero-order chi connectivity index (χ0) is 15.9. The molecule has 1 amide bonds. The molecule has 22 heavy (non-hydrogen) atoms. The third kappa shape index (κ3) is 5.02. The van der Waals surface area contributed by atoms with E-state index in [2.05, 4.69) is 16.3 Å². The highest BCUT2D eigenvalue weighted by Crippen LogP contribution is 2.26. The number of nitriles is 1. The smallest absolute Gasteiger partial charge is 0.238 e. The van der Waals surface area contributed by atoms with Gasteiger partial charge in [0.05, 0.1) is 36.3 Å². The Balaban J connectivity index is 1.93. The van der Waals surface area contributed by atoms with Crippen LogP contribution in [0.4, 0.5) is 5.69 Å². The van der Waals surface area contributed by atoms with E-state index in [9.17, 15) is 4.79 Å². The molecule has 1 aromatic carbocycles. The number of amides is 1. The van der Waals surface area contributed by atoms with Gasteiger partial charge in [0.2, 0.25) is 5.91 Å². The van der Waals surface area contributed by atoms with Crippen LogP contribution in [0.1, 0.15) is 13.8 Å². The maximum Gasteiger partial charge on any atom is 0.238 e. The molecule has 2 atom stereocenters. The number of rotatable bonds is 5. The Morgan fingerprint density at radius 3 is 2.77 bits per heavy atom. The van der Waals surface area contributed by atoms with E-state index in [0.717, 1.165) is 23.7 Å². The van der Waals surface area contributed by atoms with Gasteiger partial charge < -0.3 is 10.1 Å². The number of nitrogens with one attached hydrogen (secondary N) is 1.